The molecule has 0 saturated carbocycles. The summed E-state index contributed by atoms with van der Waals surface area (Å²) in [4.78, 5) is 20.3. The van der Waals surface area contributed by atoms with E-state index in [1.54, 1.807) is 11.3 Å². The van der Waals surface area contributed by atoms with Gasteiger partial charge in [0, 0.05) is 37.5 Å². The van der Waals surface area contributed by atoms with Gasteiger partial charge in [0.15, 0.2) is 5.96 Å². The molecule has 0 bridgehead atoms. The van der Waals surface area contributed by atoms with E-state index in [1.165, 1.54) is 16.0 Å². The lowest BCUT2D eigenvalue weighted by Gasteiger charge is -2.29. The maximum Gasteiger partial charge on any atom is 0.222 e. The van der Waals surface area contributed by atoms with E-state index < -0.39 is 0 Å². The first kappa shape index (κ1) is 22.7. The number of nitrogens with zero attached hydrogens (tertiary/aromatic N) is 2. The molecule has 0 saturated heterocycles. The first-order valence-corrected chi connectivity index (χ1v) is 10.5. The highest BCUT2D eigenvalue weighted by atomic mass is 127. The number of rotatable bonds is 7. The monoisotopic (exact) mass is 512 g/mol. The highest BCUT2D eigenvalue weighted by molar-refractivity contribution is 14.0. The van der Waals surface area contributed by atoms with Crippen molar-refractivity contribution in [3.8, 4) is 0 Å². The summed E-state index contributed by atoms with van der Waals surface area (Å²) < 4.78 is 0. The quantitative estimate of drug-likeness (QED) is 0.257. The summed E-state index contributed by atoms with van der Waals surface area (Å²) in [6.07, 6.45) is 2.33. The molecule has 1 aliphatic rings. The Labute approximate surface area is 188 Å². The number of carbonyl (C=O) groups is 1. The summed E-state index contributed by atoms with van der Waals surface area (Å²) in [5.41, 5.74) is 2.66. The van der Waals surface area contributed by atoms with Crippen molar-refractivity contribution in [3.63, 3.8) is 0 Å². The molecular weight excluding hydrogens is 483 g/mol. The summed E-state index contributed by atoms with van der Waals surface area (Å²) in [6.45, 7) is 5.87. The molecule has 1 aliphatic heterocycles. The Hall–Kier alpha value is -1.61. The van der Waals surface area contributed by atoms with Gasteiger partial charge in [-0.1, -0.05) is 30.3 Å². The molecule has 5 nitrogen and oxygen atoms in total. The molecule has 2 N–H and O–H groups in total. The molecule has 2 aromatic rings. The van der Waals surface area contributed by atoms with Gasteiger partial charge in [0.25, 0.3) is 0 Å². The lowest BCUT2D eigenvalue weighted by atomic mass is 9.99. The Balaban J connectivity index is 0.00000280. The second-order valence-corrected chi connectivity index (χ2v) is 7.67. The number of nitrogens with one attached hydrogen (secondary N) is 2. The smallest absolute Gasteiger partial charge is 0.222 e. The van der Waals surface area contributed by atoms with E-state index in [9.17, 15) is 4.79 Å². The second-order valence-electron chi connectivity index (χ2n) is 6.64. The van der Waals surface area contributed by atoms with Gasteiger partial charge >= 0.3 is 0 Å². The van der Waals surface area contributed by atoms with E-state index in [2.05, 4.69) is 58.3 Å². The normalized spacial score (nSPS) is 13.5. The number of aliphatic imine (C=N–C) groups is 1. The first-order valence-electron chi connectivity index (χ1n) is 9.65. The van der Waals surface area contributed by atoms with Crippen molar-refractivity contribution in [1.82, 2.24) is 15.5 Å². The maximum atomic E-state index is 12.5. The summed E-state index contributed by atoms with van der Waals surface area (Å²) in [5, 5.41) is 8.65. The van der Waals surface area contributed by atoms with E-state index in [0.29, 0.717) is 13.0 Å². The van der Waals surface area contributed by atoms with Crippen LogP contribution < -0.4 is 10.6 Å². The predicted octanol–water partition coefficient (Wildman–Crippen LogP) is 3.79. The topological polar surface area (TPSA) is 56.7 Å². The first-order chi connectivity index (χ1) is 13.3. The van der Waals surface area contributed by atoms with Gasteiger partial charge < -0.3 is 15.5 Å². The number of amides is 1. The van der Waals surface area contributed by atoms with Crippen LogP contribution in [0.1, 0.15) is 35.8 Å². The van der Waals surface area contributed by atoms with Gasteiger partial charge in [-0.2, -0.15) is 0 Å². The van der Waals surface area contributed by atoms with Crippen LogP contribution in [0.5, 0.6) is 0 Å². The van der Waals surface area contributed by atoms with Crippen molar-refractivity contribution in [2.75, 3.05) is 19.6 Å². The number of guanidine groups is 1. The third-order valence-corrected chi connectivity index (χ3v) is 5.52. The Morgan fingerprint density at radius 3 is 2.75 bits per heavy atom. The van der Waals surface area contributed by atoms with Gasteiger partial charge in [0.2, 0.25) is 5.91 Å². The van der Waals surface area contributed by atoms with Crippen molar-refractivity contribution in [2.45, 2.75) is 39.3 Å². The van der Waals surface area contributed by atoms with Crippen molar-refractivity contribution in [3.05, 3.63) is 57.8 Å². The predicted molar refractivity (Wildman–Crippen MR) is 127 cm³/mol. The Bertz CT molecular complexity index is 764. The van der Waals surface area contributed by atoms with Gasteiger partial charge in [-0.05, 0) is 42.3 Å². The maximum absolute atomic E-state index is 12.5. The third-order valence-electron chi connectivity index (χ3n) is 4.66. The number of hydrogen-bond acceptors (Lipinski definition) is 3. The van der Waals surface area contributed by atoms with Crippen LogP contribution in [0.2, 0.25) is 0 Å². The minimum Gasteiger partial charge on any atom is -0.357 e. The molecule has 0 atom stereocenters. The molecule has 7 heteroatoms. The second kappa shape index (κ2) is 12.1. The molecule has 3 rings (SSSR count). The number of carbonyl (C=O) groups excluding carboxylic acids is 1. The molecule has 1 aromatic carbocycles. The zero-order valence-corrected chi connectivity index (χ0v) is 19.5. The fourth-order valence-corrected chi connectivity index (χ4v) is 3.84. The molecule has 1 amide bonds. The average Bonchev–Trinajstić information content (AvgIpc) is 3.22. The molecule has 1 aromatic heterocycles. The average molecular weight is 512 g/mol. The number of thiophene rings is 1. The highest BCUT2D eigenvalue weighted by Crippen LogP contribution is 2.19. The molecule has 0 unspecified atom stereocenters. The molecule has 0 spiro atoms. The Kier molecular flexibility index (Phi) is 9.77. The molecule has 28 heavy (non-hydrogen) atoms. The van der Waals surface area contributed by atoms with E-state index in [-0.39, 0.29) is 29.9 Å². The van der Waals surface area contributed by atoms with E-state index >= 15 is 0 Å². The van der Waals surface area contributed by atoms with Crippen LogP contribution in [-0.4, -0.2) is 36.4 Å². The summed E-state index contributed by atoms with van der Waals surface area (Å²) >= 11 is 1.71. The van der Waals surface area contributed by atoms with Gasteiger partial charge in [-0.25, -0.2) is 4.99 Å². The standard InChI is InChI=1S/C21H28N4OS.HI/c1-2-22-21(24-15-19-9-6-14-27-19)23-12-5-10-20(26)25-13-11-17-7-3-4-8-18(17)16-25;/h3-4,6-9,14H,2,5,10-13,15-16H2,1H3,(H2,22,23,24);1H. The minimum absolute atomic E-state index is 0. The van der Waals surface area contributed by atoms with Gasteiger partial charge in [0.05, 0.1) is 6.54 Å². The van der Waals surface area contributed by atoms with E-state index in [0.717, 1.165) is 45.0 Å². The van der Waals surface area contributed by atoms with Gasteiger partial charge in [0.1, 0.15) is 0 Å². The van der Waals surface area contributed by atoms with Gasteiger partial charge in [-0.15, -0.1) is 35.3 Å². The Morgan fingerprint density at radius 2 is 2.00 bits per heavy atom. The van der Waals surface area contributed by atoms with Crippen LogP contribution in [0.4, 0.5) is 0 Å². The Morgan fingerprint density at radius 1 is 1.18 bits per heavy atom. The molecule has 0 radical (unpaired) electrons. The zero-order valence-electron chi connectivity index (χ0n) is 16.3. The number of halogens is 1. The van der Waals surface area contributed by atoms with Crippen LogP contribution >= 0.6 is 35.3 Å². The third kappa shape index (κ3) is 6.77. The zero-order chi connectivity index (χ0) is 18.9. The van der Waals surface area contributed by atoms with Crippen molar-refractivity contribution in [2.24, 2.45) is 4.99 Å². The van der Waals surface area contributed by atoms with E-state index in [4.69, 9.17) is 0 Å². The highest BCUT2D eigenvalue weighted by Gasteiger charge is 2.19. The van der Waals surface area contributed by atoms with Crippen LogP contribution in [0.3, 0.4) is 0 Å². The molecule has 0 fully saturated rings. The van der Waals surface area contributed by atoms with Crippen LogP contribution in [0.15, 0.2) is 46.8 Å². The van der Waals surface area contributed by atoms with Crippen molar-refractivity contribution < 1.29 is 4.79 Å². The fourth-order valence-electron chi connectivity index (χ4n) is 3.21. The van der Waals surface area contributed by atoms with Crippen molar-refractivity contribution in [1.29, 1.82) is 0 Å². The number of benzene rings is 1. The number of fused-ring (bicyclic) bond motifs is 1. The largest absolute Gasteiger partial charge is 0.357 e. The lowest BCUT2D eigenvalue weighted by Crippen LogP contribution is -2.39. The van der Waals surface area contributed by atoms with Gasteiger partial charge in [-0.3, -0.25) is 4.79 Å². The van der Waals surface area contributed by atoms with Crippen LogP contribution in [-0.2, 0) is 24.3 Å². The lowest BCUT2D eigenvalue weighted by molar-refractivity contribution is -0.132. The van der Waals surface area contributed by atoms with Crippen molar-refractivity contribution >= 4 is 47.2 Å². The van der Waals surface area contributed by atoms with Crippen LogP contribution in [0.25, 0.3) is 0 Å². The fraction of sp³-hybridized carbons (Fsp3) is 0.429. The SMILES string of the molecule is CCNC(=NCc1cccs1)NCCCC(=O)N1CCc2ccccc2C1.I. The molecule has 152 valence electrons. The molecule has 2 heterocycles. The molecule has 0 aliphatic carbocycles. The number of hydrogen-bond donors (Lipinski definition) is 2. The summed E-state index contributed by atoms with van der Waals surface area (Å²) in [7, 11) is 0. The summed E-state index contributed by atoms with van der Waals surface area (Å²) in [5.74, 6) is 1.05. The van der Waals surface area contributed by atoms with E-state index in [1.807, 2.05) is 11.0 Å². The van der Waals surface area contributed by atoms with Crippen LogP contribution in [0, 0.1) is 0 Å². The summed E-state index contributed by atoms with van der Waals surface area (Å²) in [6, 6.07) is 12.5. The minimum atomic E-state index is 0. The molecular formula is C21H29IN4OS.